The van der Waals surface area contributed by atoms with E-state index in [1.807, 2.05) is 6.07 Å². The summed E-state index contributed by atoms with van der Waals surface area (Å²) in [7, 11) is 1.77. The minimum Gasteiger partial charge on any atom is -0.478 e. The number of carboxylic acids is 1. The predicted octanol–water partition coefficient (Wildman–Crippen LogP) is 1.51. The average Bonchev–Trinajstić information content (AvgIpc) is 2.90. The zero-order valence-electron chi connectivity index (χ0n) is 12.3. The monoisotopic (exact) mass is 290 g/mol. The smallest absolute Gasteiger partial charge is 0.335 e. The van der Waals surface area contributed by atoms with E-state index in [2.05, 4.69) is 0 Å². The summed E-state index contributed by atoms with van der Waals surface area (Å²) >= 11 is 0. The normalized spacial score (nSPS) is 21.2. The summed E-state index contributed by atoms with van der Waals surface area (Å²) in [4.78, 5) is 25.1. The van der Waals surface area contributed by atoms with Crippen LogP contribution in [-0.4, -0.2) is 41.5 Å². The Labute approximate surface area is 124 Å². The SMILES string of the molecule is CN(CCc1ccccc1C(=O)O)C(=O)C1CCC(N)C1. The van der Waals surface area contributed by atoms with Crippen molar-refractivity contribution in [3.63, 3.8) is 0 Å². The molecule has 114 valence electrons. The molecule has 1 amide bonds. The van der Waals surface area contributed by atoms with Crippen molar-refractivity contribution in [2.24, 2.45) is 11.7 Å². The Balaban J connectivity index is 1.93. The molecule has 0 radical (unpaired) electrons. The highest BCUT2D eigenvalue weighted by atomic mass is 16.4. The van der Waals surface area contributed by atoms with E-state index in [4.69, 9.17) is 10.8 Å². The van der Waals surface area contributed by atoms with E-state index in [0.717, 1.165) is 24.8 Å². The van der Waals surface area contributed by atoms with E-state index >= 15 is 0 Å². The lowest BCUT2D eigenvalue weighted by atomic mass is 10.0. The van der Waals surface area contributed by atoms with Gasteiger partial charge in [0.25, 0.3) is 0 Å². The molecule has 1 aromatic carbocycles. The van der Waals surface area contributed by atoms with Crippen LogP contribution in [0, 0.1) is 5.92 Å². The number of hydrogen-bond acceptors (Lipinski definition) is 3. The number of carbonyl (C=O) groups excluding carboxylic acids is 1. The Morgan fingerprint density at radius 1 is 1.33 bits per heavy atom. The van der Waals surface area contributed by atoms with Crippen LogP contribution in [0.15, 0.2) is 24.3 Å². The molecular weight excluding hydrogens is 268 g/mol. The molecule has 1 aliphatic rings. The molecule has 0 bridgehead atoms. The summed E-state index contributed by atoms with van der Waals surface area (Å²) in [6.45, 7) is 0.523. The minimum absolute atomic E-state index is 0.0275. The molecule has 21 heavy (non-hydrogen) atoms. The predicted molar refractivity (Wildman–Crippen MR) is 80.1 cm³/mol. The van der Waals surface area contributed by atoms with Crippen LogP contribution in [0.2, 0.25) is 0 Å². The van der Waals surface area contributed by atoms with Crippen molar-refractivity contribution in [2.45, 2.75) is 31.7 Å². The number of benzene rings is 1. The van der Waals surface area contributed by atoms with E-state index in [1.54, 1.807) is 30.1 Å². The molecule has 0 aliphatic heterocycles. The number of carbonyl (C=O) groups is 2. The number of hydrogen-bond donors (Lipinski definition) is 2. The molecule has 1 aliphatic carbocycles. The van der Waals surface area contributed by atoms with Gasteiger partial charge < -0.3 is 15.7 Å². The highest BCUT2D eigenvalue weighted by Gasteiger charge is 2.29. The maximum Gasteiger partial charge on any atom is 0.335 e. The van der Waals surface area contributed by atoms with Crippen LogP contribution in [0.4, 0.5) is 0 Å². The molecule has 5 nitrogen and oxygen atoms in total. The number of amides is 1. The van der Waals surface area contributed by atoms with Crippen molar-refractivity contribution >= 4 is 11.9 Å². The average molecular weight is 290 g/mol. The van der Waals surface area contributed by atoms with E-state index < -0.39 is 5.97 Å². The summed E-state index contributed by atoms with van der Waals surface area (Å²) in [6, 6.07) is 7.06. The van der Waals surface area contributed by atoms with Gasteiger partial charge in [-0.25, -0.2) is 4.79 Å². The van der Waals surface area contributed by atoms with E-state index in [-0.39, 0.29) is 17.9 Å². The van der Waals surface area contributed by atoms with Crippen LogP contribution in [-0.2, 0) is 11.2 Å². The third-order valence-electron chi connectivity index (χ3n) is 4.16. The molecule has 2 unspecified atom stereocenters. The maximum atomic E-state index is 12.3. The number of nitrogens with zero attached hydrogens (tertiary/aromatic N) is 1. The first kappa shape index (κ1) is 15.5. The van der Waals surface area contributed by atoms with Crippen molar-refractivity contribution in [3.8, 4) is 0 Å². The summed E-state index contributed by atoms with van der Waals surface area (Å²) < 4.78 is 0. The Morgan fingerprint density at radius 2 is 2.05 bits per heavy atom. The fraction of sp³-hybridized carbons (Fsp3) is 0.500. The fourth-order valence-electron chi connectivity index (χ4n) is 2.90. The maximum absolute atomic E-state index is 12.3. The lowest BCUT2D eigenvalue weighted by molar-refractivity contribution is -0.134. The lowest BCUT2D eigenvalue weighted by Crippen LogP contribution is -2.34. The number of rotatable bonds is 5. The fourth-order valence-corrected chi connectivity index (χ4v) is 2.90. The number of carboxylic acid groups (broad SMARTS) is 1. The molecule has 0 aromatic heterocycles. The molecular formula is C16H22N2O3. The molecule has 1 fully saturated rings. The molecule has 2 rings (SSSR count). The van der Waals surface area contributed by atoms with Gasteiger partial charge in [-0.05, 0) is 37.3 Å². The summed E-state index contributed by atoms with van der Waals surface area (Å²) in [5, 5.41) is 9.15. The van der Waals surface area contributed by atoms with E-state index in [0.29, 0.717) is 18.5 Å². The van der Waals surface area contributed by atoms with Gasteiger partial charge in [0.1, 0.15) is 0 Å². The number of aromatic carboxylic acids is 1. The van der Waals surface area contributed by atoms with Crippen molar-refractivity contribution < 1.29 is 14.7 Å². The highest BCUT2D eigenvalue weighted by Crippen LogP contribution is 2.25. The van der Waals surface area contributed by atoms with Gasteiger partial charge in [-0.2, -0.15) is 0 Å². The van der Waals surface area contributed by atoms with Crippen molar-refractivity contribution in [1.29, 1.82) is 0 Å². The van der Waals surface area contributed by atoms with Gasteiger partial charge in [-0.3, -0.25) is 4.79 Å². The van der Waals surface area contributed by atoms with Crippen molar-refractivity contribution in [2.75, 3.05) is 13.6 Å². The third kappa shape index (κ3) is 3.82. The molecule has 1 saturated carbocycles. The first-order chi connectivity index (χ1) is 9.99. The van der Waals surface area contributed by atoms with Gasteiger partial charge in [-0.1, -0.05) is 18.2 Å². The second-order valence-electron chi connectivity index (χ2n) is 5.74. The van der Waals surface area contributed by atoms with Crippen molar-refractivity contribution in [1.82, 2.24) is 4.90 Å². The Morgan fingerprint density at radius 3 is 2.67 bits per heavy atom. The highest BCUT2D eigenvalue weighted by molar-refractivity contribution is 5.89. The molecule has 3 N–H and O–H groups in total. The molecule has 2 atom stereocenters. The molecule has 0 saturated heterocycles. The minimum atomic E-state index is -0.929. The first-order valence-electron chi connectivity index (χ1n) is 7.30. The zero-order valence-corrected chi connectivity index (χ0v) is 12.3. The Hall–Kier alpha value is -1.88. The molecule has 5 heteroatoms. The quantitative estimate of drug-likeness (QED) is 0.861. The Kier molecular flexibility index (Phi) is 4.96. The van der Waals surface area contributed by atoms with Gasteiger partial charge in [0.05, 0.1) is 5.56 Å². The molecule has 1 aromatic rings. The number of likely N-dealkylation sites (N-methyl/N-ethyl adjacent to an activating group) is 1. The van der Waals surface area contributed by atoms with Gasteiger partial charge >= 0.3 is 5.97 Å². The van der Waals surface area contributed by atoms with Crippen LogP contribution in [0.5, 0.6) is 0 Å². The van der Waals surface area contributed by atoms with Gasteiger partial charge in [0.15, 0.2) is 0 Å². The van der Waals surface area contributed by atoms with Crippen molar-refractivity contribution in [3.05, 3.63) is 35.4 Å². The van der Waals surface area contributed by atoms with Crippen LogP contribution in [0.25, 0.3) is 0 Å². The van der Waals surface area contributed by atoms with Crippen LogP contribution < -0.4 is 5.73 Å². The largest absolute Gasteiger partial charge is 0.478 e. The molecule has 0 spiro atoms. The summed E-state index contributed by atoms with van der Waals surface area (Å²) in [5.41, 5.74) is 6.91. The second kappa shape index (κ2) is 6.72. The van der Waals surface area contributed by atoms with Gasteiger partial charge in [0.2, 0.25) is 5.91 Å². The second-order valence-corrected chi connectivity index (χ2v) is 5.74. The third-order valence-corrected chi connectivity index (χ3v) is 4.16. The summed E-state index contributed by atoms with van der Waals surface area (Å²) in [6.07, 6.45) is 3.07. The Bertz CT molecular complexity index is 530. The zero-order chi connectivity index (χ0) is 15.4. The topological polar surface area (TPSA) is 83.6 Å². The number of nitrogens with two attached hydrogens (primary N) is 1. The van der Waals surface area contributed by atoms with E-state index in [9.17, 15) is 9.59 Å². The first-order valence-corrected chi connectivity index (χ1v) is 7.30. The van der Waals surface area contributed by atoms with E-state index in [1.165, 1.54) is 0 Å². The van der Waals surface area contributed by atoms with Crippen LogP contribution in [0.3, 0.4) is 0 Å². The van der Waals surface area contributed by atoms with Gasteiger partial charge in [0, 0.05) is 25.6 Å². The van der Waals surface area contributed by atoms with Gasteiger partial charge in [-0.15, -0.1) is 0 Å². The lowest BCUT2D eigenvalue weighted by Gasteiger charge is -2.21. The van der Waals surface area contributed by atoms with Crippen LogP contribution >= 0.6 is 0 Å². The molecule has 0 heterocycles. The van der Waals surface area contributed by atoms with Crippen LogP contribution in [0.1, 0.15) is 35.2 Å². The summed E-state index contributed by atoms with van der Waals surface area (Å²) in [5.74, 6) is -0.781. The standard InChI is InChI=1S/C16H22N2O3/c1-18(15(19)12-6-7-13(17)10-12)9-8-11-4-2-3-5-14(11)16(20)21/h2-5,12-13H,6-10,17H2,1H3,(H,20,21).